The fraction of sp³-hybridized carbons (Fsp3) is 0.423. The van der Waals surface area contributed by atoms with E-state index in [-0.39, 0.29) is 36.8 Å². The summed E-state index contributed by atoms with van der Waals surface area (Å²) in [7, 11) is 0. The van der Waals surface area contributed by atoms with Crippen molar-refractivity contribution in [3.8, 4) is 11.1 Å². The molecule has 0 saturated heterocycles. The highest BCUT2D eigenvalue weighted by atomic mass is 16.5. The minimum Gasteiger partial charge on any atom is -0.481 e. The molecule has 33 heavy (non-hydrogen) atoms. The van der Waals surface area contributed by atoms with Crippen LogP contribution in [0, 0.1) is 5.92 Å². The predicted molar refractivity (Wildman–Crippen MR) is 126 cm³/mol. The summed E-state index contributed by atoms with van der Waals surface area (Å²) in [6.45, 7) is 5.75. The van der Waals surface area contributed by atoms with Gasteiger partial charge in [-0.3, -0.25) is 9.59 Å². The van der Waals surface area contributed by atoms with Gasteiger partial charge in [0.1, 0.15) is 12.6 Å². The average molecular weight is 453 g/mol. The van der Waals surface area contributed by atoms with Crippen LogP contribution in [0.15, 0.2) is 48.5 Å². The fourth-order valence-corrected chi connectivity index (χ4v) is 4.21. The van der Waals surface area contributed by atoms with Gasteiger partial charge in [0, 0.05) is 18.4 Å². The standard InChI is InChI=1S/C26H32N2O5/c1-4-16(2)24(25(31)27-17(3)13-14-23(29)30)28-26(32)33-15-22-20-11-7-5-9-18(20)19-10-6-8-12-21(19)22/h5-12,16-17,22,24H,4,13-15H2,1-3H3,(H,27,31)(H,28,32)(H,29,30)/t16-,17?,24-/m0/s1. The fourth-order valence-electron chi connectivity index (χ4n) is 4.21. The van der Waals surface area contributed by atoms with Crippen molar-refractivity contribution in [1.82, 2.24) is 10.6 Å². The van der Waals surface area contributed by atoms with Crippen LogP contribution in [-0.2, 0) is 14.3 Å². The lowest BCUT2D eigenvalue weighted by Gasteiger charge is -2.25. The number of ether oxygens (including phenoxy) is 1. The number of alkyl carbamates (subject to hydrolysis) is 1. The zero-order chi connectivity index (χ0) is 24.0. The Morgan fingerprint density at radius 2 is 1.55 bits per heavy atom. The number of aliphatic carboxylic acids is 1. The molecular weight excluding hydrogens is 420 g/mol. The van der Waals surface area contributed by atoms with E-state index in [1.165, 1.54) is 0 Å². The van der Waals surface area contributed by atoms with E-state index < -0.39 is 18.1 Å². The highest BCUT2D eigenvalue weighted by molar-refractivity contribution is 5.86. The first-order chi connectivity index (χ1) is 15.8. The third kappa shape index (κ3) is 5.92. The van der Waals surface area contributed by atoms with Gasteiger partial charge in [-0.15, -0.1) is 0 Å². The van der Waals surface area contributed by atoms with Crippen LogP contribution < -0.4 is 10.6 Å². The first-order valence-electron chi connectivity index (χ1n) is 11.5. The molecule has 0 aliphatic heterocycles. The van der Waals surface area contributed by atoms with Gasteiger partial charge in [0.2, 0.25) is 5.91 Å². The number of carbonyl (C=O) groups is 3. The van der Waals surface area contributed by atoms with Crippen LogP contribution in [0.5, 0.6) is 0 Å². The van der Waals surface area contributed by atoms with Crippen molar-refractivity contribution >= 4 is 18.0 Å². The number of carbonyl (C=O) groups excluding carboxylic acids is 2. The summed E-state index contributed by atoms with van der Waals surface area (Å²) in [6, 6.07) is 15.1. The molecule has 3 atom stereocenters. The minimum atomic E-state index is -0.911. The van der Waals surface area contributed by atoms with Gasteiger partial charge in [0.25, 0.3) is 0 Å². The molecule has 0 saturated carbocycles. The van der Waals surface area contributed by atoms with Crippen molar-refractivity contribution in [2.75, 3.05) is 6.61 Å². The Hall–Kier alpha value is -3.35. The number of amides is 2. The maximum absolute atomic E-state index is 12.8. The van der Waals surface area contributed by atoms with Crippen molar-refractivity contribution in [3.05, 3.63) is 59.7 Å². The van der Waals surface area contributed by atoms with Crippen LogP contribution >= 0.6 is 0 Å². The third-order valence-corrected chi connectivity index (χ3v) is 6.29. The number of rotatable bonds is 10. The van der Waals surface area contributed by atoms with Gasteiger partial charge in [-0.1, -0.05) is 68.8 Å². The van der Waals surface area contributed by atoms with Gasteiger partial charge in [-0.25, -0.2) is 4.79 Å². The number of benzene rings is 2. The molecule has 0 radical (unpaired) electrons. The van der Waals surface area contributed by atoms with E-state index in [4.69, 9.17) is 9.84 Å². The largest absolute Gasteiger partial charge is 0.481 e. The number of hydrogen-bond acceptors (Lipinski definition) is 4. The first kappa shape index (κ1) is 24.3. The zero-order valence-corrected chi connectivity index (χ0v) is 19.3. The molecule has 7 nitrogen and oxygen atoms in total. The molecule has 2 amide bonds. The number of carboxylic acids is 1. The van der Waals surface area contributed by atoms with E-state index in [2.05, 4.69) is 34.9 Å². The van der Waals surface area contributed by atoms with Crippen molar-refractivity contribution in [3.63, 3.8) is 0 Å². The van der Waals surface area contributed by atoms with Gasteiger partial charge in [0.15, 0.2) is 0 Å². The number of hydrogen-bond donors (Lipinski definition) is 3. The normalized spacial score (nSPS) is 15.0. The lowest BCUT2D eigenvalue weighted by Crippen LogP contribution is -2.52. The second-order valence-corrected chi connectivity index (χ2v) is 8.68. The topological polar surface area (TPSA) is 105 Å². The average Bonchev–Trinajstić information content (AvgIpc) is 3.13. The van der Waals surface area contributed by atoms with Crippen LogP contribution in [0.3, 0.4) is 0 Å². The SMILES string of the molecule is CC[C@H](C)[C@H](NC(=O)OCC1c2ccccc2-c2ccccc21)C(=O)NC(C)CCC(=O)O. The summed E-state index contributed by atoms with van der Waals surface area (Å²) in [4.78, 5) is 36.2. The number of fused-ring (bicyclic) bond motifs is 3. The van der Waals surface area contributed by atoms with Gasteiger partial charge in [-0.2, -0.15) is 0 Å². The molecule has 2 aromatic carbocycles. The van der Waals surface area contributed by atoms with Crippen LogP contribution in [0.25, 0.3) is 11.1 Å². The molecule has 0 heterocycles. The minimum absolute atomic E-state index is 0.0325. The Labute approximate surface area is 194 Å². The van der Waals surface area contributed by atoms with Crippen molar-refractivity contribution in [2.24, 2.45) is 5.92 Å². The molecule has 3 N–H and O–H groups in total. The zero-order valence-electron chi connectivity index (χ0n) is 19.3. The van der Waals surface area contributed by atoms with E-state index in [1.54, 1.807) is 6.92 Å². The molecule has 0 fully saturated rings. The lowest BCUT2D eigenvalue weighted by atomic mass is 9.97. The molecule has 1 aliphatic carbocycles. The Bertz CT molecular complexity index is 960. The maximum Gasteiger partial charge on any atom is 0.407 e. The molecule has 7 heteroatoms. The summed E-state index contributed by atoms with van der Waals surface area (Å²) in [5.74, 6) is -1.42. The third-order valence-electron chi connectivity index (χ3n) is 6.29. The highest BCUT2D eigenvalue weighted by Crippen LogP contribution is 2.44. The van der Waals surface area contributed by atoms with Crippen LogP contribution in [0.1, 0.15) is 57.1 Å². The monoisotopic (exact) mass is 452 g/mol. The van der Waals surface area contributed by atoms with E-state index in [9.17, 15) is 14.4 Å². The number of nitrogens with one attached hydrogen (secondary N) is 2. The summed E-state index contributed by atoms with van der Waals surface area (Å²) < 4.78 is 5.59. The summed E-state index contributed by atoms with van der Waals surface area (Å²) in [6.07, 6.45) is 0.329. The predicted octanol–water partition coefficient (Wildman–Crippen LogP) is 4.31. The molecule has 1 unspecified atom stereocenters. The molecule has 0 aromatic heterocycles. The summed E-state index contributed by atoms with van der Waals surface area (Å²) in [5.41, 5.74) is 4.54. The second kappa shape index (κ2) is 11.0. The molecular formula is C26H32N2O5. The molecule has 2 aromatic rings. The van der Waals surface area contributed by atoms with Crippen LogP contribution in [-0.4, -0.2) is 41.8 Å². The Kier molecular flexibility index (Phi) is 8.09. The Morgan fingerprint density at radius 1 is 0.970 bits per heavy atom. The van der Waals surface area contributed by atoms with Crippen LogP contribution in [0.4, 0.5) is 4.79 Å². The van der Waals surface area contributed by atoms with Crippen molar-refractivity contribution in [1.29, 1.82) is 0 Å². The Balaban J connectivity index is 1.63. The molecule has 0 bridgehead atoms. The second-order valence-electron chi connectivity index (χ2n) is 8.68. The van der Waals surface area contributed by atoms with Gasteiger partial charge < -0.3 is 20.5 Å². The molecule has 3 rings (SSSR count). The quantitative estimate of drug-likeness (QED) is 0.498. The molecule has 176 valence electrons. The highest BCUT2D eigenvalue weighted by Gasteiger charge is 2.31. The van der Waals surface area contributed by atoms with E-state index in [1.807, 2.05) is 38.1 Å². The summed E-state index contributed by atoms with van der Waals surface area (Å²) in [5, 5.41) is 14.4. The smallest absolute Gasteiger partial charge is 0.407 e. The van der Waals surface area contributed by atoms with E-state index >= 15 is 0 Å². The maximum atomic E-state index is 12.8. The van der Waals surface area contributed by atoms with Gasteiger partial charge in [0.05, 0.1) is 0 Å². The van der Waals surface area contributed by atoms with Gasteiger partial charge >= 0.3 is 12.1 Å². The Morgan fingerprint density at radius 3 is 2.09 bits per heavy atom. The lowest BCUT2D eigenvalue weighted by molar-refractivity contribution is -0.137. The summed E-state index contributed by atoms with van der Waals surface area (Å²) >= 11 is 0. The van der Waals surface area contributed by atoms with E-state index in [0.717, 1.165) is 22.3 Å². The first-order valence-corrected chi connectivity index (χ1v) is 11.5. The molecule has 1 aliphatic rings. The van der Waals surface area contributed by atoms with Crippen LogP contribution in [0.2, 0.25) is 0 Å². The van der Waals surface area contributed by atoms with E-state index in [0.29, 0.717) is 12.8 Å². The number of carboxylic acid groups (broad SMARTS) is 1. The molecule has 0 spiro atoms. The van der Waals surface area contributed by atoms with Gasteiger partial charge in [-0.05, 0) is 41.5 Å². The van der Waals surface area contributed by atoms with Crippen molar-refractivity contribution < 1.29 is 24.2 Å². The van der Waals surface area contributed by atoms with Crippen molar-refractivity contribution in [2.45, 2.75) is 58.0 Å².